The summed E-state index contributed by atoms with van der Waals surface area (Å²) in [6.45, 7) is 5.50. The first-order valence-electron chi connectivity index (χ1n) is 8.37. The second-order valence-corrected chi connectivity index (χ2v) is 6.36. The Morgan fingerprint density at radius 1 is 1.15 bits per heavy atom. The van der Waals surface area contributed by atoms with Gasteiger partial charge in [0.15, 0.2) is 0 Å². The Morgan fingerprint density at radius 3 is 2.38 bits per heavy atom. The van der Waals surface area contributed by atoms with Gasteiger partial charge in [-0.25, -0.2) is 4.68 Å². The third-order valence-corrected chi connectivity index (χ3v) is 3.72. The highest BCUT2D eigenvalue weighted by Gasteiger charge is 2.21. The van der Waals surface area contributed by atoms with Crippen molar-refractivity contribution in [3.63, 3.8) is 0 Å². The zero-order valence-corrected chi connectivity index (χ0v) is 15.4. The van der Waals surface area contributed by atoms with E-state index in [1.165, 1.54) is 19.2 Å². The van der Waals surface area contributed by atoms with Crippen LogP contribution in [0.3, 0.4) is 0 Å². The van der Waals surface area contributed by atoms with Crippen LogP contribution in [0.5, 0.6) is 0 Å². The molecule has 0 bridgehead atoms. The Morgan fingerprint density at radius 2 is 1.81 bits per heavy atom. The first-order chi connectivity index (χ1) is 12.3. The molecule has 2 rings (SSSR count). The third-order valence-electron chi connectivity index (χ3n) is 3.72. The van der Waals surface area contributed by atoms with E-state index in [0.29, 0.717) is 0 Å². The Balaban J connectivity index is 2.23. The summed E-state index contributed by atoms with van der Waals surface area (Å²) in [6, 6.07) is 9.60. The quantitative estimate of drug-likeness (QED) is 0.798. The summed E-state index contributed by atoms with van der Waals surface area (Å²) in [5.74, 6) is -0.872. The van der Waals surface area contributed by atoms with E-state index in [1.54, 1.807) is 13.8 Å². The van der Waals surface area contributed by atoms with Gasteiger partial charge in [-0.2, -0.15) is 5.10 Å². The van der Waals surface area contributed by atoms with Crippen molar-refractivity contribution in [3.8, 4) is 0 Å². The van der Waals surface area contributed by atoms with Crippen LogP contribution in [-0.4, -0.2) is 27.8 Å². The van der Waals surface area contributed by atoms with Gasteiger partial charge in [-0.15, -0.1) is 0 Å². The highest BCUT2D eigenvalue weighted by molar-refractivity contribution is 5.92. The summed E-state index contributed by atoms with van der Waals surface area (Å²) in [6.07, 6.45) is -0.235. The van der Waals surface area contributed by atoms with Crippen molar-refractivity contribution in [2.24, 2.45) is 7.05 Å². The van der Waals surface area contributed by atoms with Gasteiger partial charge in [0.2, 0.25) is 0 Å². The van der Waals surface area contributed by atoms with E-state index in [0.717, 1.165) is 15.8 Å². The number of ether oxygens (including phenoxy) is 1. The number of esters is 1. The maximum atomic E-state index is 12.5. The molecule has 1 N–H and O–H groups in total. The predicted octanol–water partition coefficient (Wildman–Crippen LogP) is 1.90. The monoisotopic (exact) mass is 357 g/mol. The Bertz CT molecular complexity index is 841. The van der Waals surface area contributed by atoms with Gasteiger partial charge in [0.1, 0.15) is 5.69 Å². The number of hydrogen-bond donors (Lipinski definition) is 1. The zero-order chi connectivity index (χ0) is 19.3. The van der Waals surface area contributed by atoms with E-state index >= 15 is 0 Å². The van der Waals surface area contributed by atoms with Crippen molar-refractivity contribution in [1.82, 2.24) is 15.1 Å². The number of nitrogens with zero attached hydrogens (tertiary/aromatic N) is 2. The molecular formula is C19H23N3O4. The molecule has 0 saturated carbocycles. The van der Waals surface area contributed by atoms with Crippen molar-refractivity contribution in [2.45, 2.75) is 39.3 Å². The van der Waals surface area contributed by atoms with Crippen molar-refractivity contribution < 1.29 is 14.3 Å². The summed E-state index contributed by atoms with van der Waals surface area (Å²) >= 11 is 0. The van der Waals surface area contributed by atoms with Crippen LogP contribution in [-0.2, 0) is 16.6 Å². The average Bonchev–Trinajstić information content (AvgIpc) is 2.56. The molecule has 0 spiro atoms. The van der Waals surface area contributed by atoms with E-state index in [2.05, 4.69) is 10.4 Å². The molecule has 1 heterocycles. The lowest BCUT2D eigenvalue weighted by Crippen LogP contribution is -2.33. The topological polar surface area (TPSA) is 90.3 Å². The van der Waals surface area contributed by atoms with Gasteiger partial charge in [-0.3, -0.25) is 14.4 Å². The summed E-state index contributed by atoms with van der Waals surface area (Å²) in [5, 5.41) is 6.74. The highest BCUT2D eigenvalue weighted by atomic mass is 16.5. The molecule has 138 valence electrons. The van der Waals surface area contributed by atoms with Crippen LogP contribution < -0.4 is 10.9 Å². The molecule has 0 aliphatic carbocycles. The standard InChI is InChI=1S/C19H23N3O4/c1-12(2)26-18(24)11-16(14-7-5-13(3)6-8-14)20-19(25)15-9-10-17(23)22(4)21-15/h5-10,12,16H,11H2,1-4H3,(H,20,25). The minimum Gasteiger partial charge on any atom is -0.463 e. The molecule has 1 atom stereocenters. The fourth-order valence-corrected chi connectivity index (χ4v) is 2.38. The lowest BCUT2D eigenvalue weighted by molar-refractivity contribution is -0.147. The molecule has 0 aliphatic heterocycles. The summed E-state index contributed by atoms with van der Waals surface area (Å²) in [5.41, 5.74) is 1.65. The molecule has 1 amide bonds. The minimum atomic E-state index is -0.562. The number of benzene rings is 1. The van der Waals surface area contributed by atoms with Crippen LogP contribution in [0, 0.1) is 6.92 Å². The predicted molar refractivity (Wildman–Crippen MR) is 96.7 cm³/mol. The molecule has 0 aliphatic rings. The van der Waals surface area contributed by atoms with Gasteiger partial charge in [0.25, 0.3) is 11.5 Å². The molecular weight excluding hydrogens is 334 g/mol. The molecule has 1 aromatic carbocycles. The van der Waals surface area contributed by atoms with E-state index in [1.807, 2.05) is 31.2 Å². The average molecular weight is 357 g/mol. The number of hydrogen-bond acceptors (Lipinski definition) is 5. The van der Waals surface area contributed by atoms with Crippen molar-refractivity contribution in [2.75, 3.05) is 0 Å². The summed E-state index contributed by atoms with van der Waals surface area (Å²) in [4.78, 5) is 36.0. The van der Waals surface area contributed by atoms with Gasteiger partial charge in [-0.1, -0.05) is 29.8 Å². The number of carbonyl (C=O) groups excluding carboxylic acids is 2. The smallest absolute Gasteiger partial charge is 0.308 e. The normalized spacial score (nSPS) is 11.9. The molecule has 0 saturated heterocycles. The molecule has 2 aromatic rings. The highest BCUT2D eigenvalue weighted by Crippen LogP contribution is 2.19. The maximum absolute atomic E-state index is 12.5. The number of rotatable bonds is 6. The van der Waals surface area contributed by atoms with Crippen molar-refractivity contribution >= 4 is 11.9 Å². The number of aromatic nitrogens is 2. The Kier molecular flexibility index (Phi) is 6.27. The van der Waals surface area contributed by atoms with Gasteiger partial charge < -0.3 is 10.1 Å². The van der Waals surface area contributed by atoms with Gasteiger partial charge in [0, 0.05) is 13.1 Å². The van der Waals surface area contributed by atoms with Crippen LogP contribution in [0.25, 0.3) is 0 Å². The van der Waals surface area contributed by atoms with E-state index in [9.17, 15) is 14.4 Å². The second kappa shape index (κ2) is 8.42. The zero-order valence-electron chi connectivity index (χ0n) is 15.4. The maximum Gasteiger partial charge on any atom is 0.308 e. The first-order valence-corrected chi connectivity index (χ1v) is 8.37. The number of amides is 1. The van der Waals surface area contributed by atoms with Gasteiger partial charge in [0.05, 0.1) is 18.6 Å². The molecule has 26 heavy (non-hydrogen) atoms. The van der Waals surface area contributed by atoms with Crippen molar-refractivity contribution in [3.05, 3.63) is 63.6 Å². The number of carbonyl (C=O) groups is 2. The third kappa shape index (κ3) is 5.27. The fraction of sp³-hybridized carbons (Fsp3) is 0.368. The molecule has 0 fully saturated rings. The van der Waals surface area contributed by atoms with E-state index < -0.39 is 17.9 Å². The molecule has 7 heteroatoms. The molecule has 0 radical (unpaired) electrons. The molecule has 1 unspecified atom stereocenters. The lowest BCUT2D eigenvalue weighted by atomic mass is 10.0. The fourth-order valence-electron chi connectivity index (χ4n) is 2.38. The number of aryl methyl sites for hydroxylation is 2. The van der Waals surface area contributed by atoms with E-state index in [-0.39, 0.29) is 23.8 Å². The lowest BCUT2D eigenvalue weighted by Gasteiger charge is -2.19. The first kappa shape index (κ1) is 19.4. The van der Waals surface area contributed by atoms with Crippen LogP contribution in [0.4, 0.5) is 0 Å². The van der Waals surface area contributed by atoms with Crippen LogP contribution in [0.1, 0.15) is 47.9 Å². The van der Waals surface area contributed by atoms with Crippen LogP contribution in [0.15, 0.2) is 41.2 Å². The Hall–Kier alpha value is -2.96. The van der Waals surface area contributed by atoms with Gasteiger partial charge in [-0.05, 0) is 32.4 Å². The second-order valence-electron chi connectivity index (χ2n) is 6.36. The molecule has 1 aromatic heterocycles. The minimum absolute atomic E-state index is 0.00124. The Labute approximate surface area is 152 Å². The SMILES string of the molecule is Cc1ccc(C(CC(=O)OC(C)C)NC(=O)c2ccc(=O)n(C)n2)cc1. The van der Waals surface area contributed by atoms with Crippen molar-refractivity contribution in [1.29, 1.82) is 0 Å². The summed E-state index contributed by atoms with van der Waals surface area (Å²) in [7, 11) is 1.47. The van der Waals surface area contributed by atoms with E-state index in [4.69, 9.17) is 4.74 Å². The van der Waals surface area contributed by atoms with Crippen LogP contribution >= 0.6 is 0 Å². The van der Waals surface area contributed by atoms with Gasteiger partial charge >= 0.3 is 5.97 Å². The van der Waals surface area contributed by atoms with Crippen LogP contribution in [0.2, 0.25) is 0 Å². The summed E-state index contributed by atoms with van der Waals surface area (Å²) < 4.78 is 6.28. The largest absolute Gasteiger partial charge is 0.463 e. The molecule has 7 nitrogen and oxygen atoms in total. The number of nitrogens with one attached hydrogen (secondary N) is 1.